The van der Waals surface area contributed by atoms with Gasteiger partial charge in [0.2, 0.25) is 11.8 Å². The number of aromatic nitrogens is 2. The van der Waals surface area contributed by atoms with Crippen molar-refractivity contribution in [3.8, 4) is 0 Å². The van der Waals surface area contributed by atoms with E-state index in [1.54, 1.807) is 0 Å². The summed E-state index contributed by atoms with van der Waals surface area (Å²) in [4.78, 5) is 30.6. The average molecular weight is 322 g/mol. The molecule has 0 bridgehead atoms. The van der Waals surface area contributed by atoms with E-state index in [-0.39, 0.29) is 11.8 Å². The summed E-state index contributed by atoms with van der Waals surface area (Å²) in [7, 11) is 3.88. The summed E-state index contributed by atoms with van der Waals surface area (Å²) in [5.74, 6) is 0.365. The van der Waals surface area contributed by atoms with Gasteiger partial charge in [0.15, 0.2) is 0 Å². The summed E-state index contributed by atoms with van der Waals surface area (Å²) >= 11 is 0. The number of imide groups is 1. The highest BCUT2D eigenvalue weighted by atomic mass is 16.2. The molecule has 1 aliphatic rings. The number of carbonyl (C=O) groups is 2. The van der Waals surface area contributed by atoms with Crippen molar-refractivity contribution in [3.63, 3.8) is 0 Å². The minimum atomic E-state index is -0.421. The van der Waals surface area contributed by atoms with Gasteiger partial charge in [0.1, 0.15) is 17.5 Å². The van der Waals surface area contributed by atoms with Crippen molar-refractivity contribution in [2.45, 2.75) is 18.9 Å². The van der Waals surface area contributed by atoms with Gasteiger partial charge in [-0.05, 0) is 24.6 Å². The van der Waals surface area contributed by atoms with Crippen LogP contribution in [0.2, 0.25) is 0 Å². The predicted molar refractivity (Wildman–Crippen MR) is 93.0 cm³/mol. The minimum absolute atomic E-state index is 0.209. The van der Waals surface area contributed by atoms with Crippen LogP contribution in [-0.4, -0.2) is 35.5 Å². The Morgan fingerprint density at radius 2 is 1.92 bits per heavy atom. The normalized spacial score (nSPS) is 18.2. The molecule has 2 amide bonds. The Morgan fingerprint density at radius 1 is 1.12 bits per heavy atom. The molecule has 24 heavy (non-hydrogen) atoms. The lowest BCUT2D eigenvalue weighted by atomic mass is 10.1. The molecule has 1 unspecified atom stereocenters. The molecule has 4 rings (SSSR count). The highest BCUT2D eigenvalue weighted by molar-refractivity contribution is 6.09. The molecule has 1 aromatic carbocycles. The summed E-state index contributed by atoms with van der Waals surface area (Å²) in [6.45, 7) is 0. The lowest BCUT2D eigenvalue weighted by molar-refractivity contribution is -0.135. The first-order valence-electron chi connectivity index (χ1n) is 7.97. The van der Waals surface area contributed by atoms with Gasteiger partial charge in [0, 0.05) is 31.3 Å². The first kappa shape index (κ1) is 14.7. The summed E-state index contributed by atoms with van der Waals surface area (Å²) in [5, 5.41) is 4.53. The molecule has 122 valence electrons. The molecule has 0 saturated carbocycles. The molecule has 1 aliphatic heterocycles. The van der Waals surface area contributed by atoms with E-state index < -0.39 is 6.04 Å². The second-order valence-corrected chi connectivity index (χ2v) is 6.29. The van der Waals surface area contributed by atoms with Gasteiger partial charge in [-0.1, -0.05) is 18.2 Å². The van der Waals surface area contributed by atoms with Crippen molar-refractivity contribution in [1.29, 1.82) is 0 Å². The first-order valence-corrected chi connectivity index (χ1v) is 7.97. The van der Waals surface area contributed by atoms with E-state index >= 15 is 0 Å². The second-order valence-electron chi connectivity index (χ2n) is 6.29. The van der Waals surface area contributed by atoms with Crippen molar-refractivity contribution in [3.05, 3.63) is 36.4 Å². The molecule has 3 heterocycles. The van der Waals surface area contributed by atoms with E-state index in [9.17, 15) is 9.59 Å². The van der Waals surface area contributed by atoms with Crippen molar-refractivity contribution >= 4 is 39.6 Å². The maximum atomic E-state index is 12.4. The number of anilines is 1. The van der Waals surface area contributed by atoms with Gasteiger partial charge in [-0.3, -0.25) is 14.9 Å². The van der Waals surface area contributed by atoms with E-state index in [2.05, 4.69) is 5.32 Å². The molecule has 1 fully saturated rings. The van der Waals surface area contributed by atoms with Crippen LogP contribution >= 0.6 is 0 Å². The van der Waals surface area contributed by atoms with Crippen LogP contribution in [0.1, 0.15) is 18.9 Å². The Morgan fingerprint density at radius 3 is 2.67 bits per heavy atom. The monoisotopic (exact) mass is 322 g/mol. The highest BCUT2D eigenvalue weighted by Gasteiger charge is 2.30. The van der Waals surface area contributed by atoms with Crippen molar-refractivity contribution in [2.75, 3.05) is 19.0 Å². The zero-order valence-corrected chi connectivity index (χ0v) is 13.6. The van der Waals surface area contributed by atoms with Gasteiger partial charge in [-0.2, -0.15) is 0 Å². The minimum Gasteiger partial charge on any atom is -0.363 e. The molecule has 6 nitrogen and oxygen atoms in total. The molecule has 6 heteroatoms. The fourth-order valence-electron chi connectivity index (χ4n) is 3.35. The zero-order valence-electron chi connectivity index (χ0n) is 13.6. The van der Waals surface area contributed by atoms with Gasteiger partial charge in [0.25, 0.3) is 0 Å². The number of para-hydroxylation sites is 1. The van der Waals surface area contributed by atoms with E-state index in [1.807, 2.05) is 60.0 Å². The molecular formula is C18H18N4O2. The SMILES string of the molecule is CN(C)c1ccc2c3ccccc3n(C3CCC(=O)NC3=O)c2n1. The van der Waals surface area contributed by atoms with E-state index in [1.165, 1.54) is 0 Å². The van der Waals surface area contributed by atoms with Crippen LogP contribution in [0, 0.1) is 0 Å². The molecule has 2 aromatic heterocycles. The topological polar surface area (TPSA) is 67.2 Å². The Hall–Kier alpha value is -2.89. The molecule has 1 saturated heterocycles. The molecule has 0 aliphatic carbocycles. The fraction of sp³-hybridized carbons (Fsp3) is 0.278. The zero-order chi connectivity index (χ0) is 16.8. The molecule has 3 aromatic rings. The van der Waals surface area contributed by atoms with Gasteiger partial charge in [0.05, 0.1) is 5.52 Å². The number of pyridine rings is 1. The maximum absolute atomic E-state index is 12.4. The number of carbonyl (C=O) groups excluding carboxylic acids is 2. The largest absolute Gasteiger partial charge is 0.363 e. The van der Waals surface area contributed by atoms with Crippen molar-refractivity contribution in [2.24, 2.45) is 0 Å². The number of hydrogen-bond donors (Lipinski definition) is 1. The van der Waals surface area contributed by atoms with Gasteiger partial charge in [-0.15, -0.1) is 0 Å². The third-order valence-corrected chi connectivity index (χ3v) is 4.52. The molecule has 0 radical (unpaired) electrons. The number of hydrogen-bond acceptors (Lipinski definition) is 4. The summed E-state index contributed by atoms with van der Waals surface area (Å²) < 4.78 is 1.97. The third-order valence-electron chi connectivity index (χ3n) is 4.52. The molecule has 1 N–H and O–H groups in total. The van der Waals surface area contributed by atoms with Gasteiger partial charge < -0.3 is 9.47 Å². The molecular weight excluding hydrogens is 304 g/mol. The number of rotatable bonds is 2. The lowest BCUT2D eigenvalue weighted by Crippen LogP contribution is -2.41. The fourth-order valence-corrected chi connectivity index (χ4v) is 3.35. The lowest BCUT2D eigenvalue weighted by Gasteiger charge is -2.24. The van der Waals surface area contributed by atoms with Crippen molar-refractivity contribution < 1.29 is 9.59 Å². The van der Waals surface area contributed by atoms with E-state index in [4.69, 9.17) is 4.98 Å². The number of nitrogens with one attached hydrogen (secondary N) is 1. The number of benzene rings is 1. The predicted octanol–water partition coefficient (Wildman–Crippen LogP) is 2.23. The Bertz CT molecular complexity index is 974. The van der Waals surface area contributed by atoms with Crippen LogP contribution in [-0.2, 0) is 9.59 Å². The van der Waals surface area contributed by atoms with Crippen LogP contribution in [0.5, 0.6) is 0 Å². The van der Waals surface area contributed by atoms with E-state index in [0.717, 1.165) is 27.8 Å². The maximum Gasteiger partial charge on any atom is 0.249 e. The van der Waals surface area contributed by atoms with Gasteiger partial charge in [-0.25, -0.2) is 4.98 Å². The highest BCUT2D eigenvalue weighted by Crippen LogP contribution is 2.34. The Labute approximate surface area is 139 Å². The molecule has 0 spiro atoms. The van der Waals surface area contributed by atoms with Crippen LogP contribution in [0.4, 0.5) is 5.82 Å². The second kappa shape index (κ2) is 5.33. The number of fused-ring (bicyclic) bond motifs is 3. The van der Waals surface area contributed by atoms with Crippen LogP contribution in [0.25, 0.3) is 21.9 Å². The Kier molecular flexibility index (Phi) is 3.26. The summed E-state index contributed by atoms with van der Waals surface area (Å²) in [5.41, 5.74) is 1.74. The van der Waals surface area contributed by atoms with Crippen LogP contribution in [0.15, 0.2) is 36.4 Å². The van der Waals surface area contributed by atoms with Crippen LogP contribution < -0.4 is 10.2 Å². The molecule has 1 atom stereocenters. The third kappa shape index (κ3) is 2.14. The van der Waals surface area contributed by atoms with Crippen LogP contribution in [0.3, 0.4) is 0 Å². The summed E-state index contributed by atoms with van der Waals surface area (Å²) in [6, 6.07) is 11.6. The summed E-state index contributed by atoms with van der Waals surface area (Å²) in [6.07, 6.45) is 0.837. The number of amides is 2. The Balaban J connectivity index is 2.01. The standard InChI is InChI=1S/C18H18N4O2/c1-21(2)15-9-7-12-11-5-3-4-6-13(11)22(17(12)19-15)14-8-10-16(23)20-18(14)24/h3-7,9,14H,8,10H2,1-2H3,(H,20,23,24). The van der Waals surface area contributed by atoms with E-state index in [0.29, 0.717) is 12.8 Å². The average Bonchev–Trinajstić information content (AvgIpc) is 2.89. The smallest absolute Gasteiger partial charge is 0.249 e. The quantitative estimate of drug-likeness (QED) is 0.735. The van der Waals surface area contributed by atoms with Crippen molar-refractivity contribution in [1.82, 2.24) is 14.9 Å². The number of nitrogens with zero attached hydrogens (tertiary/aromatic N) is 3. The van der Waals surface area contributed by atoms with Gasteiger partial charge >= 0.3 is 0 Å². The first-order chi connectivity index (χ1) is 11.6. The number of piperidine rings is 1.